The predicted molar refractivity (Wildman–Crippen MR) is 87.1 cm³/mol. The first-order valence-corrected chi connectivity index (χ1v) is 8.43. The molecule has 0 radical (unpaired) electrons. The van der Waals surface area contributed by atoms with Gasteiger partial charge < -0.3 is 10.7 Å². The Kier molecular flexibility index (Phi) is 5.10. The van der Waals surface area contributed by atoms with Crippen LogP contribution in [0, 0.1) is 13.8 Å². The number of nitrogens with zero attached hydrogens (tertiary/aromatic N) is 2. The Morgan fingerprint density at radius 2 is 1.80 bits per heavy atom. The molecule has 1 fully saturated rings. The van der Waals surface area contributed by atoms with E-state index in [-0.39, 0.29) is 0 Å². The molecule has 0 bridgehead atoms. The summed E-state index contributed by atoms with van der Waals surface area (Å²) in [5.74, 6) is 7.83. The Morgan fingerprint density at radius 3 is 2.40 bits per heavy atom. The number of hydrogen-bond donors (Lipinski definition) is 3. The topological polar surface area (TPSA) is 75.9 Å². The van der Waals surface area contributed by atoms with E-state index in [1.54, 1.807) is 0 Å². The van der Waals surface area contributed by atoms with Gasteiger partial charge in [0.15, 0.2) is 0 Å². The molecular weight excluding hydrogens is 270 g/mol. The van der Waals surface area contributed by atoms with E-state index in [9.17, 15) is 0 Å². The number of thioether (sulfide) groups is 1. The number of aryl methyl sites for hydroxylation is 1. The minimum absolute atomic E-state index is 0.347. The van der Waals surface area contributed by atoms with E-state index in [2.05, 4.69) is 27.0 Å². The molecule has 0 aliphatic heterocycles. The average Bonchev–Trinajstić information content (AvgIpc) is 2.48. The van der Waals surface area contributed by atoms with Crippen LogP contribution in [0.4, 0.5) is 11.6 Å². The standard InChI is InChI=1S/C14H25N5S/c1-10-12(17-11(2)18-13(10)19-15)16-9-14(20-3)7-5-4-6-8-14/h4-9,15H2,1-3H3,(H2,16,17,18,19). The highest BCUT2D eigenvalue weighted by Crippen LogP contribution is 2.38. The number of aromatic nitrogens is 2. The third-order valence-corrected chi connectivity index (χ3v) is 5.59. The van der Waals surface area contributed by atoms with Crippen LogP contribution in [0.15, 0.2) is 0 Å². The SMILES string of the molecule is CSC1(CNc2nc(C)nc(NN)c2C)CCCCC1. The second-order valence-electron chi connectivity index (χ2n) is 5.54. The molecule has 1 saturated carbocycles. The first-order chi connectivity index (χ1) is 9.60. The molecule has 0 amide bonds. The average molecular weight is 295 g/mol. The first-order valence-electron chi connectivity index (χ1n) is 7.21. The number of nitrogens with two attached hydrogens (primary N) is 1. The summed E-state index contributed by atoms with van der Waals surface area (Å²) in [6.45, 7) is 4.83. The molecule has 5 nitrogen and oxygen atoms in total. The van der Waals surface area contributed by atoms with Crippen LogP contribution >= 0.6 is 11.8 Å². The van der Waals surface area contributed by atoms with Crippen LogP contribution in [0.25, 0.3) is 0 Å². The molecule has 20 heavy (non-hydrogen) atoms. The van der Waals surface area contributed by atoms with Gasteiger partial charge in [-0.2, -0.15) is 11.8 Å². The summed E-state index contributed by atoms with van der Waals surface area (Å²) >= 11 is 1.99. The Morgan fingerprint density at radius 1 is 1.15 bits per heavy atom. The van der Waals surface area contributed by atoms with Gasteiger partial charge in [0.05, 0.1) is 0 Å². The molecule has 6 heteroatoms. The van der Waals surface area contributed by atoms with Crippen LogP contribution in [0.3, 0.4) is 0 Å². The van der Waals surface area contributed by atoms with Crippen molar-refractivity contribution in [3.63, 3.8) is 0 Å². The minimum Gasteiger partial charge on any atom is -0.368 e. The monoisotopic (exact) mass is 295 g/mol. The minimum atomic E-state index is 0.347. The normalized spacial score (nSPS) is 17.8. The zero-order chi connectivity index (χ0) is 14.6. The van der Waals surface area contributed by atoms with Crippen LogP contribution < -0.4 is 16.6 Å². The second-order valence-corrected chi connectivity index (χ2v) is 6.81. The third-order valence-electron chi connectivity index (χ3n) is 4.17. The summed E-state index contributed by atoms with van der Waals surface area (Å²) in [5, 5.41) is 3.52. The maximum Gasteiger partial charge on any atom is 0.148 e. The Labute approximate surface area is 125 Å². The quantitative estimate of drug-likeness (QED) is 0.573. The molecule has 0 unspecified atom stereocenters. The van der Waals surface area contributed by atoms with Crippen molar-refractivity contribution in [1.82, 2.24) is 9.97 Å². The van der Waals surface area contributed by atoms with E-state index in [4.69, 9.17) is 5.84 Å². The highest BCUT2D eigenvalue weighted by Gasteiger charge is 2.31. The maximum absolute atomic E-state index is 5.51. The fourth-order valence-corrected chi connectivity index (χ4v) is 3.75. The fourth-order valence-electron chi connectivity index (χ4n) is 2.84. The molecule has 0 atom stereocenters. The molecule has 112 valence electrons. The van der Waals surface area contributed by atoms with E-state index >= 15 is 0 Å². The second kappa shape index (κ2) is 6.63. The Bertz CT molecular complexity index is 457. The summed E-state index contributed by atoms with van der Waals surface area (Å²) in [6.07, 6.45) is 8.82. The van der Waals surface area contributed by atoms with E-state index in [1.807, 2.05) is 25.6 Å². The largest absolute Gasteiger partial charge is 0.368 e. The van der Waals surface area contributed by atoms with Gasteiger partial charge in [-0.25, -0.2) is 15.8 Å². The van der Waals surface area contributed by atoms with Gasteiger partial charge in [0.25, 0.3) is 0 Å². The van der Waals surface area contributed by atoms with Crippen molar-refractivity contribution in [1.29, 1.82) is 0 Å². The highest BCUT2D eigenvalue weighted by atomic mass is 32.2. The molecule has 0 spiro atoms. The van der Waals surface area contributed by atoms with Crippen LogP contribution in [0.5, 0.6) is 0 Å². The van der Waals surface area contributed by atoms with E-state index in [0.29, 0.717) is 10.6 Å². The number of nitrogen functional groups attached to an aromatic ring is 1. The number of nitrogens with one attached hydrogen (secondary N) is 2. The molecule has 2 rings (SSSR count). The van der Waals surface area contributed by atoms with Gasteiger partial charge in [-0.05, 0) is 32.9 Å². The van der Waals surface area contributed by atoms with E-state index in [1.165, 1.54) is 32.1 Å². The van der Waals surface area contributed by atoms with Crippen LogP contribution in [-0.2, 0) is 0 Å². The van der Waals surface area contributed by atoms with E-state index < -0.39 is 0 Å². The lowest BCUT2D eigenvalue weighted by Crippen LogP contribution is -2.36. The molecule has 1 aliphatic carbocycles. The number of rotatable bonds is 5. The lowest BCUT2D eigenvalue weighted by atomic mass is 9.88. The molecule has 1 aromatic heterocycles. The van der Waals surface area contributed by atoms with Crippen molar-refractivity contribution >= 4 is 23.4 Å². The molecule has 0 saturated heterocycles. The number of anilines is 2. The maximum atomic E-state index is 5.51. The van der Waals surface area contributed by atoms with Gasteiger partial charge in [-0.1, -0.05) is 19.3 Å². The summed E-state index contributed by atoms with van der Waals surface area (Å²) in [6, 6.07) is 0. The Hall–Kier alpha value is -1.01. The van der Waals surface area contributed by atoms with Crippen molar-refractivity contribution in [2.45, 2.75) is 50.7 Å². The Balaban J connectivity index is 2.11. The summed E-state index contributed by atoms with van der Waals surface area (Å²) in [5.41, 5.74) is 3.62. The zero-order valence-corrected chi connectivity index (χ0v) is 13.4. The van der Waals surface area contributed by atoms with Crippen molar-refractivity contribution in [3.05, 3.63) is 11.4 Å². The highest BCUT2D eigenvalue weighted by molar-refractivity contribution is 8.00. The summed E-state index contributed by atoms with van der Waals surface area (Å²) in [7, 11) is 0. The summed E-state index contributed by atoms with van der Waals surface area (Å²) in [4.78, 5) is 8.80. The van der Waals surface area contributed by atoms with Crippen molar-refractivity contribution in [2.75, 3.05) is 23.5 Å². The molecule has 1 heterocycles. The third kappa shape index (κ3) is 3.35. The molecule has 4 N–H and O–H groups in total. The predicted octanol–water partition coefficient (Wildman–Crippen LogP) is 2.86. The van der Waals surface area contributed by atoms with Crippen molar-refractivity contribution < 1.29 is 0 Å². The van der Waals surface area contributed by atoms with Crippen LogP contribution in [0.1, 0.15) is 43.5 Å². The first kappa shape index (κ1) is 15.4. The van der Waals surface area contributed by atoms with Gasteiger partial charge in [-0.3, -0.25) is 0 Å². The molecular formula is C14H25N5S. The van der Waals surface area contributed by atoms with E-state index in [0.717, 1.165) is 23.8 Å². The molecule has 0 aromatic carbocycles. The fraction of sp³-hybridized carbons (Fsp3) is 0.714. The number of hydrazine groups is 1. The summed E-state index contributed by atoms with van der Waals surface area (Å²) < 4.78 is 0.347. The zero-order valence-electron chi connectivity index (χ0n) is 12.6. The van der Waals surface area contributed by atoms with Crippen LogP contribution in [0.2, 0.25) is 0 Å². The number of hydrogen-bond acceptors (Lipinski definition) is 6. The van der Waals surface area contributed by atoms with Crippen molar-refractivity contribution in [2.24, 2.45) is 5.84 Å². The van der Waals surface area contributed by atoms with Gasteiger partial charge in [0.2, 0.25) is 0 Å². The lowest BCUT2D eigenvalue weighted by Gasteiger charge is -2.36. The lowest BCUT2D eigenvalue weighted by molar-refractivity contribution is 0.411. The van der Waals surface area contributed by atoms with Crippen molar-refractivity contribution in [3.8, 4) is 0 Å². The van der Waals surface area contributed by atoms with Crippen LogP contribution in [-0.4, -0.2) is 27.5 Å². The molecule has 1 aromatic rings. The van der Waals surface area contributed by atoms with Gasteiger partial charge >= 0.3 is 0 Å². The van der Waals surface area contributed by atoms with Gasteiger partial charge in [0, 0.05) is 16.9 Å². The smallest absolute Gasteiger partial charge is 0.148 e. The molecule has 1 aliphatic rings. The van der Waals surface area contributed by atoms with Gasteiger partial charge in [0.1, 0.15) is 17.5 Å². The van der Waals surface area contributed by atoms with Gasteiger partial charge in [-0.15, -0.1) is 0 Å².